The summed E-state index contributed by atoms with van der Waals surface area (Å²) in [5.74, 6) is 0.590. The highest BCUT2D eigenvalue weighted by Crippen LogP contribution is 2.26. The summed E-state index contributed by atoms with van der Waals surface area (Å²) in [6.45, 7) is 6.57. The first-order valence-electron chi connectivity index (χ1n) is 4.44. The maximum absolute atomic E-state index is 3.25. The minimum atomic E-state index is 0. The summed E-state index contributed by atoms with van der Waals surface area (Å²) in [5.41, 5.74) is 4.01. The second kappa shape index (κ2) is 5.13. The molecule has 0 atom stereocenters. The van der Waals surface area contributed by atoms with Crippen LogP contribution in [-0.2, 0) is 0 Å². The van der Waals surface area contributed by atoms with Gasteiger partial charge in [-0.2, -0.15) is 0 Å². The third kappa shape index (κ3) is 2.63. The van der Waals surface area contributed by atoms with Crippen molar-refractivity contribution in [2.24, 2.45) is 0 Å². The molecule has 0 saturated heterocycles. The summed E-state index contributed by atoms with van der Waals surface area (Å²) in [5, 5.41) is 3.25. The van der Waals surface area contributed by atoms with Gasteiger partial charge in [-0.25, -0.2) is 0 Å². The van der Waals surface area contributed by atoms with Crippen LogP contribution in [0.4, 0.5) is 5.69 Å². The molecule has 0 aromatic heterocycles. The first-order chi connectivity index (χ1) is 5.66. The van der Waals surface area contributed by atoms with Gasteiger partial charge in [-0.3, -0.25) is 0 Å². The molecule has 0 heterocycles. The maximum atomic E-state index is 3.25. The van der Waals surface area contributed by atoms with E-state index in [1.165, 1.54) is 16.8 Å². The highest BCUT2D eigenvalue weighted by Gasteiger charge is 2.05. The molecule has 0 saturated carbocycles. The van der Waals surface area contributed by atoms with E-state index in [1.807, 2.05) is 7.05 Å². The van der Waals surface area contributed by atoms with Crippen LogP contribution in [-0.4, -0.2) is 7.05 Å². The molecule has 13 heavy (non-hydrogen) atoms. The standard InChI is InChI=1S/C11H17N.ClH/c1-8(2)10-7-5-6-9(3)11(10)12-4;/h5-8,12H,1-4H3;1H. The zero-order valence-electron chi connectivity index (χ0n) is 8.72. The monoisotopic (exact) mass is 199 g/mol. The molecule has 0 radical (unpaired) electrons. The van der Waals surface area contributed by atoms with Gasteiger partial charge in [0, 0.05) is 12.7 Å². The van der Waals surface area contributed by atoms with E-state index in [1.54, 1.807) is 0 Å². The van der Waals surface area contributed by atoms with Crippen LogP contribution in [0.5, 0.6) is 0 Å². The van der Waals surface area contributed by atoms with Gasteiger partial charge in [-0.15, -0.1) is 12.4 Å². The number of rotatable bonds is 2. The molecule has 0 aliphatic carbocycles. The minimum absolute atomic E-state index is 0. The summed E-state index contributed by atoms with van der Waals surface area (Å²) in [7, 11) is 1.98. The lowest BCUT2D eigenvalue weighted by Gasteiger charge is -2.14. The molecule has 74 valence electrons. The first-order valence-corrected chi connectivity index (χ1v) is 4.44. The highest BCUT2D eigenvalue weighted by molar-refractivity contribution is 5.85. The molecular weight excluding hydrogens is 182 g/mol. The Morgan fingerprint density at radius 2 is 1.85 bits per heavy atom. The molecule has 1 aromatic rings. The van der Waals surface area contributed by atoms with Crippen molar-refractivity contribution >= 4 is 18.1 Å². The molecule has 0 spiro atoms. The summed E-state index contributed by atoms with van der Waals surface area (Å²) in [6, 6.07) is 6.44. The molecule has 0 bridgehead atoms. The van der Waals surface area contributed by atoms with Crippen LogP contribution in [0, 0.1) is 6.92 Å². The molecule has 0 aliphatic heterocycles. The van der Waals surface area contributed by atoms with E-state index in [9.17, 15) is 0 Å². The van der Waals surface area contributed by atoms with Crippen molar-refractivity contribution in [2.75, 3.05) is 12.4 Å². The van der Waals surface area contributed by atoms with Gasteiger partial charge in [0.1, 0.15) is 0 Å². The maximum Gasteiger partial charge on any atom is 0.0402 e. The van der Waals surface area contributed by atoms with Crippen molar-refractivity contribution in [3.05, 3.63) is 29.3 Å². The SMILES string of the molecule is CNc1c(C)cccc1C(C)C.Cl. The molecule has 0 aliphatic rings. The second-order valence-electron chi connectivity index (χ2n) is 3.44. The van der Waals surface area contributed by atoms with Crippen molar-refractivity contribution in [3.8, 4) is 0 Å². The fraction of sp³-hybridized carbons (Fsp3) is 0.455. The number of anilines is 1. The van der Waals surface area contributed by atoms with Gasteiger partial charge in [0.15, 0.2) is 0 Å². The number of aryl methyl sites for hydroxylation is 1. The Kier molecular flexibility index (Phi) is 4.86. The fourth-order valence-corrected chi connectivity index (χ4v) is 1.51. The lowest BCUT2D eigenvalue weighted by atomic mass is 9.98. The van der Waals surface area contributed by atoms with Crippen LogP contribution < -0.4 is 5.32 Å². The zero-order chi connectivity index (χ0) is 9.14. The van der Waals surface area contributed by atoms with Crippen molar-refractivity contribution in [2.45, 2.75) is 26.7 Å². The molecule has 0 fully saturated rings. The largest absolute Gasteiger partial charge is 0.388 e. The van der Waals surface area contributed by atoms with Gasteiger partial charge in [0.2, 0.25) is 0 Å². The Balaban J connectivity index is 0.00000144. The summed E-state index contributed by atoms with van der Waals surface area (Å²) >= 11 is 0. The minimum Gasteiger partial charge on any atom is -0.388 e. The van der Waals surface area contributed by atoms with Crippen molar-refractivity contribution in [1.29, 1.82) is 0 Å². The Morgan fingerprint density at radius 3 is 2.23 bits per heavy atom. The zero-order valence-corrected chi connectivity index (χ0v) is 9.53. The third-order valence-electron chi connectivity index (χ3n) is 2.18. The topological polar surface area (TPSA) is 12.0 Å². The van der Waals surface area contributed by atoms with E-state index >= 15 is 0 Å². The van der Waals surface area contributed by atoms with Crippen LogP contribution in [0.15, 0.2) is 18.2 Å². The molecule has 1 aromatic carbocycles. The Bertz CT molecular complexity index is 269. The number of hydrogen-bond donors (Lipinski definition) is 1. The molecule has 1 rings (SSSR count). The Morgan fingerprint density at radius 1 is 1.23 bits per heavy atom. The van der Waals surface area contributed by atoms with Gasteiger partial charge in [0.25, 0.3) is 0 Å². The van der Waals surface area contributed by atoms with Crippen LogP contribution >= 0.6 is 12.4 Å². The average molecular weight is 200 g/mol. The number of benzene rings is 1. The van der Waals surface area contributed by atoms with E-state index < -0.39 is 0 Å². The number of nitrogens with one attached hydrogen (secondary N) is 1. The quantitative estimate of drug-likeness (QED) is 0.768. The Labute approximate surface area is 87.0 Å². The van der Waals surface area contributed by atoms with E-state index in [0.717, 1.165) is 0 Å². The smallest absolute Gasteiger partial charge is 0.0402 e. The molecule has 0 amide bonds. The molecular formula is C11H18ClN. The summed E-state index contributed by atoms with van der Waals surface area (Å²) < 4.78 is 0. The van der Waals surface area contributed by atoms with Crippen LogP contribution in [0.25, 0.3) is 0 Å². The molecule has 1 N–H and O–H groups in total. The predicted octanol–water partition coefficient (Wildman–Crippen LogP) is 3.58. The van der Waals surface area contributed by atoms with E-state index in [0.29, 0.717) is 5.92 Å². The highest BCUT2D eigenvalue weighted by atomic mass is 35.5. The van der Waals surface area contributed by atoms with Gasteiger partial charge in [0.05, 0.1) is 0 Å². The van der Waals surface area contributed by atoms with Gasteiger partial charge >= 0.3 is 0 Å². The van der Waals surface area contributed by atoms with E-state index in [4.69, 9.17) is 0 Å². The third-order valence-corrected chi connectivity index (χ3v) is 2.18. The van der Waals surface area contributed by atoms with Gasteiger partial charge in [-0.1, -0.05) is 32.0 Å². The van der Waals surface area contributed by atoms with E-state index in [-0.39, 0.29) is 12.4 Å². The van der Waals surface area contributed by atoms with Crippen LogP contribution in [0.2, 0.25) is 0 Å². The van der Waals surface area contributed by atoms with Crippen molar-refractivity contribution in [3.63, 3.8) is 0 Å². The van der Waals surface area contributed by atoms with Gasteiger partial charge in [-0.05, 0) is 24.0 Å². The normalized spacial score (nSPS) is 9.62. The number of halogens is 1. The number of para-hydroxylation sites is 1. The first kappa shape index (κ1) is 12.3. The van der Waals surface area contributed by atoms with Crippen LogP contribution in [0.1, 0.15) is 30.9 Å². The van der Waals surface area contributed by atoms with Crippen molar-refractivity contribution < 1.29 is 0 Å². The van der Waals surface area contributed by atoms with E-state index in [2.05, 4.69) is 44.3 Å². The number of hydrogen-bond acceptors (Lipinski definition) is 1. The molecule has 1 nitrogen and oxygen atoms in total. The predicted molar refractivity (Wildman–Crippen MR) is 62.1 cm³/mol. The average Bonchev–Trinajstić information content (AvgIpc) is 2.03. The Hall–Kier alpha value is -0.690. The van der Waals surface area contributed by atoms with Crippen molar-refractivity contribution in [1.82, 2.24) is 0 Å². The lowest BCUT2D eigenvalue weighted by Crippen LogP contribution is -1.99. The second-order valence-corrected chi connectivity index (χ2v) is 3.44. The fourth-order valence-electron chi connectivity index (χ4n) is 1.51. The molecule has 0 unspecified atom stereocenters. The molecule has 2 heteroatoms. The lowest BCUT2D eigenvalue weighted by molar-refractivity contribution is 0.866. The summed E-state index contributed by atoms with van der Waals surface area (Å²) in [6.07, 6.45) is 0. The van der Waals surface area contributed by atoms with Crippen LogP contribution in [0.3, 0.4) is 0 Å². The van der Waals surface area contributed by atoms with Gasteiger partial charge < -0.3 is 5.32 Å². The summed E-state index contributed by atoms with van der Waals surface area (Å²) in [4.78, 5) is 0.